The van der Waals surface area contributed by atoms with Gasteiger partial charge in [0.05, 0.1) is 6.54 Å². The van der Waals surface area contributed by atoms with Gasteiger partial charge in [0, 0.05) is 28.9 Å². The Hall–Kier alpha value is -1.94. The molecule has 0 atom stereocenters. The van der Waals surface area contributed by atoms with Crippen LogP contribution in [0.25, 0.3) is 11.4 Å². The SMILES string of the molecule is CCNC(=NCc1cccc(-c2ncn[nH]2)c1)NCC(C)(C)c1cccs1.I. The van der Waals surface area contributed by atoms with E-state index >= 15 is 0 Å². The van der Waals surface area contributed by atoms with E-state index in [4.69, 9.17) is 4.99 Å². The third kappa shape index (κ3) is 6.03. The van der Waals surface area contributed by atoms with Crippen molar-refractivity contribution >= 4 is 41.3 Å². The number of benzene rings is 1. The Bertz CT molecular complexity index is 859. The Balaban J connectivity index is 0.00000280. The summed E-state index contributed by atoms with van der Waals surface area (Å²) in [7, 11) is 0. The van der Waals surface area contributed by atoms with Gasteiger partial charge in [-0.1, -0.05) is 38.1 Å². The van der Waals surface area contributed by atoms with E-state index in [0.717, 1.165) is 36.0 Å². The van der Waals surface area contributed by atoms with Crippen LogP contribution in [-0.4, -0.2) is 34.2 Å². The molecule has 2 heterocycles. The smallest absolute Gasteiger partial charge is 0.191 e. The molecule has 3 rings (SSSR count). The summed E-state index contributed by atoms with van der Waals surface area (Å²) in [5, 5.41) is 15.7. The highest BCUT2D eigenvalue weighted by Crippen LogP contribution is 2.26. The molecule has 1 aromatic carbocycles. The van der Waals surface area contributed by atoms with E-state index in [1.807, 2.05) is 12.1 Å². The molecule has 0 bridgehead atoms. The van der Waals surface area contributed by atoms with Gasteiger partial charge >= 0.3 is 0 Å². The van der Waals surface area contributed by atoms with Gasteiger partial charge in [0.1, 0.15) is 6.33 Å². The van der Waals surface area contributed by atoms with Crippen LogP contribution in [0, 0.1) is 0 Å². The van der Waals surface area contributed by atoms with Crippen LogP contribution in [0.15, 0.2) is 53.1 Å². The van der Waals surface area contributed by atoms with Crippen molar-refractivity contribution < 1.29 is 0 Å². The third-order valence-corrected chi connectivity index (χ3v) is 5.50. The van der Waals surface area contributed by atoms with Crippen molar-refractivity contribution in [2.45, 2.75) is 32.7 Å². The van der Waals surface area contributed by atoms with Gasteiger partial charge in [-0.25, -0.2) is 9.98 Å². The van der Waals surface area contributed by atoms with Gasteiger partial charge < -0.3 is 10.6 Å². The number of aromatic amines is 1. The van der Waals surface area contributed by atoms with Crippen molar-refractivity contribution in [2.75, 3.05) is 13.1 Å². The van der Waals surface area contributed by atoms with E-state index in [-0.39, 0.29) is 29.4 Å². The van der Waals surface area contributed by atoms with E-state index in [0.29, 0.717) is 6.54 Å². The van der Waals surface area contributed by atoms with E-state index in [9.17, 15) is 0 Å². The molecule has 8 heteroatoms. The monoisotopic (exact) mass is 510 g/mol. The maximum atomic E-state index is 4.74. The number of nitrogens with zero attached hydrogens (tertiary/aromatic N) is 3. The van der Waals surface area contributed by atoms with Crippen molar-refractivity contribution in [3.63, 3.8) is 0 Å². The summed E-state index contributed by atoms with van der Waals surface area (Å²) in [5.74, 6) is 1.59. The van der Waals surface area contributed by atoms with Crippen molar-refractivity contribution in [1.82, 2.24) is 25.8 Å². The van der Waals surface area contributed by atoms with Crippen LogP contribution >= 0.6 is 35.3 Å². The van der Waals surface area contributed by atoms with Gasteiger partial charge in [-0.05, 0) is 30.0 Å². The predicted molar refractivity (Wildman–Crippen MR) is 127 cm³/mol. The Labute approximate surface area is 187 Å². The number of nitrogens with one attached hydrogen (secondary N) is 3. The molecule has 0 aliphatic heterocycles. The summed E-state index contributed by atoms with van der Waals surface area (Å²) in [4.78, 5) is 10.3. The number of guanidine groups is 1. The first-order valence-electron chi connectivity index (χ1n) is 9.09. The van der Waals surface area contributed by atoms with Crippen LogP contribution in [0.3, 0.4) is 0 Å². The highest BCUT2D eigenvalue weighted by molar-refractivity contribution is 14.0. The summed E-state index contributed by atoms with van der Waals surface area (Å²) in [6.45, 7) is 8.80. The van der Waals surface area contributed by atoms with Crippen LogP contribution in [0.1, 0.15) is 31.2 Å². The standard InChI is InChI=1S/C20H26N6S.HI/c1-4-21-19(23-13-20(2,3)17-9-6-10-27-17)22-12-15-7-5-8-16(11-15)18-24-14-25-26-18;/h5-11,14H,4,12-13H2,1-3H3,(H2,21,22,23)(H,24,25,26);1H. The molecular weight excluding hydrogens is 483 g/mol. The second kappa shape index (κ2) is 10.6. The fraction of sp³-hybridized carbons (Fsp3) is 0.350. The van der Waals surface area contributed by atoms with Crippen molar-refractivity contribution in [1.29, 1.82) is 0 Å². The molecule has 0 unspecified atom stereocenters. The molecule has 3 aromatic rings. The topological polar surface area (TPSA) is 78.0 Å². The van der Waals surface area contributed by atoms with Gasteiger partial charge in [-0.2, -0.15) is 5.10 Å². The first-order chi connectivity index (χ1) is 13.1. The summed E-state index contributed by atoms with van der Waals surface area (Å²) < 4.78 is 0. The third-order valence-electron chi connectivity index (χ3n) is 4.27. The number of aliphatic imine (C=N–C) groups is 1. The minimum absolute atomic E-state index is 0. The zero-order valence-corrected chi connectivity index (χ0v) is 19.5. The average Bonchev–Trinajstić information content (AvgIpc) is 3.38. The molecule has 0 fully saturated rings. The largest absolute Gasteiger partial charge is 0.357 e. The Kier molecular flexibility index (Phi) is 8.43. The van der Waals surface area contributed by atoms with E-state index in [1.165, 1.54) is 11.2 Å². The van der Waals surface area contributed by atoms with Crippen LogP contribution in [0.5, 0.6) is 0 Å². The lowest BCUT2D eigenvalue weighted by Gasteiger charge is -2.25. The minimum Gasteiger partial charge on any atom is -0.357 e. The fourth-order valence-corrected chi connectivity index (χ4v) is 3.58. The maximum Gasteiger partial charge on any atom is 0.191 e. The van der Waals surface area contributed by atoms with Gasteiger partial charge in [0.2, 0.25) is 0 Å². The highest BCUT2D eigenvalue weighted by Gasteiger charge is 2.21. The summed E-state index contributed by atoms with van der Waals surface area (Å²) in [5.41, 5.74) is 2.19. The first kappa shape index (κ1) is 22.4. The van der Waals surface area contributed by atoms with Gasteiger partial charge in [-0.15, -0.1) is 35.3 Å². The van der Waals surface area contributed by atoms with Gasteiger partial charge in [-0.3, -0.25) is 5.10 Å². The molecular formula is C20H27IN6S. The van der Waals surface area contributed by atoms with Crippen LogP contribution < -0.4 is 10.6 Å². The number of rotatable bonds is 7. The number of hydrogen-bond donors (Lipinski definition) is 3. The van der Waals surface area contributed by atoms with Crippen molar-refractivity contribution in [3.05, 3.63) is 58.5 Å². The Morgan fingerprint density at radius 3 is 2.75 bits per heavy atom. The maximum absolute atomic E-state index is 4.74. The molecule has 28 heavy (non-hydrogen) atoms. The molecule has 0 aliphatic carbocycles. The lowest BCUT2D eigenvalue weighted by molar-refractivity contribution is 0.518. The molecule has 6 nitrogen and oxygen atoms in total. The molecule has 0 aliphatic rings. The van der Waals surface area contributed by atoms with Crippen molar-refractivity contribution in [3.8, 4) is 11.4 Å². The molecule has 2 aromatic heterocycles. The minimum atomic E-state index is 0. The molecule has 0 radical (unpaired) electrons. The van der Waals surface area contributed by atoms with Crippen LogP contribution in [0.2, 0.25) is 0 Å². The molecule has 0 saturated heterocycles. The van der Waals surface area contributed by atoms with E-state index < -0.39 is 0 Å². The van der Waals surface area contributed by atoms with Crippen LogP contribution in [-0.2, 0) is 12.0 Å². The highest BCUT2D eigenvalue weighted by atomic mass is 127. The molecule has 3 N–H and O–H groups in total. The zero-order chi connectivity index (χ0) is 19.1. The molecule has 0 spiro atoms. The van der Waals surface area contributed by atoms with Crippen molar-refractivity contribution in [2.24, 2.45) is 4.99 Å². The van der Waals surface area contributed by atoms with E-state index in [2.05, 4.69) is 76.2 Å². The fourth-order valence-electron chi connectivity index (χ4n) is 2.73. The lowest BCUT2D eigenvalue weighted by atomic mass is 9.91. The lowest BCUT2D eigenvalue weighted by Crippen LogP contribution is -2.43. The van der Waals surface area contributed by atoms with Crippen LogP contribution in [0.4, 0.5) is 0 Å². The van der Waals surface area contributed by atoms with E-state index in [1.54, 1.807) is 11.3 Å². The predicted octanol–water partition coefficient (Wildman–Crippen LogP) is 4.18. The number of halogens is 1. The summed E-state index contributed by atoms with van der Waals surface area (Å²) >= 11 is 1.79. The first-order valence-corrected chi connectivity index (χ1v) is 9.97. The molecule has 150 valence electrons. The average molecular weight is 510 g/mol. The zero-order valence-electron chi connectivity index (χ0n) is 16.4. The van der Waals surface area contributed by atoms with Gasteiger partial charge in [0.15, 0.2) is 11.8 Å². The summed E-state index contributed by atoms with van der Waals surface area (Å²) in [6.07, 6.45) is 1.52. The second-order valence-electron chi connectivity index (χ2n) is 6.94. The number of hydrogen-bond acceptors (Lipinski definition) is 4. The molecule has 0 amide bonds. The molecule has 0 saturated carbocycles. The quantitative estimate of drug-likeness (QED) is 0.253. The Morgan fingerprint density at radius 1 is 1.21 bits per heavy atom. The normalized spacial score (nSPS) is 11.8. The summed E-state index contributed by atoms with van der Waals surface area (Å²) in [6, 6.07) is 12.5. The number of H-pyrrole nitrogens is 1. The Morgan fingerprint density at radius 2 is 2.07 bits per heavy atom. The second-order valence-corrected chi connectivity index (χ2v) is 7.89. The number of aromatic nitrogens is 3. The number of thiophene rings is 1. The van der Waals surface area contributed by atoms with Gasteiger partial charge in [0.25, 0.3) is 0 Å².